The van der Waals surface area contributed by atoms with Crippen molar-refractivity contribution in [2.24, 2.45) is 0 Å². The van der Waals surface area contributed by atoms with Crippen molar-refractivity contribution < 1.29 is 13.6 Å². The average Bonchev–Trinajstić information content (AvgIpc) is 3.23. The Labute approximate surface area is 164 Å². The van der Waals surface area contributed by atoms with Crippen LogP contribution in [0.2, 0.25) is 0 Å². The van der Waals surface area contributed by atoms with Crippen LogP contribution < -0.4 is 16.5 Å². The predicted molar refractivity (Wildman–Crippen MR) is 107 cm³/mol. The van der Waals surface area contributed by atoms with Gasteiger partial charge in [-0.2, -0.15) is 5.10 Å². The monoisotopic (exact) mass is 391 g/mol. The molecule has 0 radical (unpaired) electrons. The quantitative estimate of drug-likeness (QED) is 0.536. The van der Waals surface area contributed by atoms with E-state index in [0.29, 0.717) is 22.4 Å². The number of benzene rings is 1. The lowest BCUT2D eigenvalue weighted by atomic mass is 10.0. The van der Waals surface area contributed by atoms with Gasteiger partial charge in [0.15, 0.2) is 5.76 Å². The molecule has 1 aromatic carbocycles. The van der Waals surface area contributed by atoms with Gasteiger partial charge in [-0.25, -0.2) is 9.48 Å². The first-order chi connectivity index (χ1) is 13.9. The van der Waals surface area contributed by atoms with Crippen LogP contribution in [0.5, 0.6) is 0 Å². The topological polar surface area (TPSA) is 107 Å². The highest BCUT2D eigenvalue weighted by Crippen LogP contribution is 2.20. The number of anilines is 1. The number of carbonyl (C=O) groups excluding carboxylic acids is 1. The fraction of sp³-hybridized carbons (Fsp3) is 0.143. The number of fused-ring (bicyclic) bond motifs is 1. The summed E-state index contributed by atoms with van der Waals surface area (Å²) in [6.07, 6.45) is 1.49. The summed E-state index contributed by atoms with van der Waals surface area (Å²) >= 11 is 0. The summed E-state index contributed by atoms with van der Waals surface area (Å²) in [7, 11) is 0. The molecule has 0 aliphatic carbocycles. The third-order valence-electron chi connectivity index (χ3n) is 4.55. The maximum absolute atomic E-state index is 13.0. The van der Waals surface area contributed by atoms with E-state index in [1.54, 1.807) is 36.4 Å². The molecule has 0 saturated heterocycles. The van der Waals surface area contributed by atoms with Crippen LogP contribution in [0.1, 0.15) is 13.8 Å². The highest BCUT2D eigenvalue weighted by atomic mass is 16.4. The normalized spacial score (nSPS) is 11.5. The van der Waals surface area contributed by atoms with Gasteiger partial charge in [-0.1, -0.05) is 18.2 Å². The zero-order valence-corrected chi connectivity index (χ0v) is 15.7. The predicted octanol–water partition coefficient (Wildman–Crippen LogP) is 2.98. The van der Waals surface area contributed by atoms with Gasteiger partial charge in [0, 0.05) is 11.5 Å². The van der Waals surface area contributed by atoms with E-state index < -0.39 is 22.6 Å². The van der Waals surface area contributed by atoms with Crippen molar-refractivity contribution in [3.63, 3.8) is 0 Å². The minimum absolute atomic E-state index is 0.0167. The molecule has 146 valence electrons. The van der Waals surface area contributed by atoms with Crippen molar-refractivity contribution in [1.29, 1.82) is 0 Å². The number of furan rings is 1. The standard InChI is InChI=1S/C21H17N3O5/c1-21(2,24-18(25)10-9-14(23-24)17-8-5-11-28-17)20(27)22-15-12-13-6-3-4-7-16(13)29-19(15)26/h3-12H,1-2H3,(H,22,27). The van der Waals surface area contributed by atoms with Gasteiger partial charge in [0.05, 0.1) is 6.26 Å². The molecule has 8 nitrogen and oxygen atoms in total. The number of amides is 1. The van der Waals surface area contributed by atoms with Gasteiger partial charge >= 0.3 is 5.63 Å². The van der Waals surface area contributed by atoms with Gasteiger partial charge in [-0.3, -0.25) is 9.59 Å². The van der Waals surface area contributed by atoms with Crippen LogP contribution in [0.4, 0.5) is 5.69 Å². The van der Waals surface area contributed by atoms with Crippen LogP contribution in [0.25, 0.3) is 22.4 Å². The molecular weight excluding hydrogens is 374 g/mol. The third-order valence-corrected chi connectivity index (χ3v) is 4.55. The van der Waals surface area contributed by atoms with Gasteiger partial charge in [0.2, 0.25) is 0 Å². The first-order valence-corrected chi connectivity index (χ1v) is 8.85. The first-order valence-electron chi connectivity index (χ1n) is 8.85. The second-order valence-electron chi connectivity index (χ2n) is 6.94. The van der Waals surface area contributed by atoms with Crippen LogP contribution >= 0.6 is 0 Å². The number of aromatic nitrogens is 2. The van der Waals surface area contributed by atoms with Crippen LogP contribution in [-0.2, 0) is 10.3 Å². The van der Waals surface area contributed by atoms with Gasteiger partial charge in [0.1, 0.15) is 22.5 Å². The van der Waals surface area contributed by atoms with Crippen molar-refractivity contribution in [3.8, 4) is 11.5 Å². The molecule has 0 atom stereocenters. The lowest BCUT2D eigenvalue weighted by Gasteiger charge is -2.25. The number of nitrogens with one attached hydrogen (secondary N) is 1. The minimum atomic E-state index is -1.39. The smallest absolute Gasteiger partial charge is 0.360 e. The molecule has 0 aliphatic heterocycles. The van der Waals surface area contributed by atoms with E-state index in [9.17, 15) is 14.4 Å². The molecule has 0 unspecified atom stereocenters. The fourth-order valence-electron chi connectivity index (χ4n) is 2.89. The Morgan fingerprint density at radius 3 is 2.62 bits per heavy atom. The van der Waals surface area contributed by atoms with E-state index in [0.717, 1.165) is 4.68 Å². The van der Waals surface area contributed by atoms with Gasteiger partial charge < -0.3 is 14.2 Å². The summed E-state index contributed by atoms with van der Waals surface area (Å²) in [6.45, 7) is 3.07. The summed E-state index contributed by atoms with van der Waals surface area (Å²) in [6, 6.07) is 14.7. The van der Waals surface area contributed by atoms with Gasteiger partial charge in [-0.15, -0.1) is 0 Å². The lowest BCUT2D eigenvalue weighted by molar-refractivity contribution is -0.123. The molecular formula is C21H17N3O5. The van der Waals surface area contributed by atoms with Crippen molar-refractivity contribution in [2.45, 2.75) is 19.4 Å². The Kier molecular flexibility index (Phi) is 4.38. The fourth-order valence-corrected chi connectivity index (χ4v) is 2.89. The zero-order chi connectivity index (χ0) is 20.6. The van der Waals surface area contributed by atoms with Crippen molar-refractivity contribution >= 4 is 22.6 Å². The molecule has 3 heterocycles. The van der Waals surface area contributed by atoms with E-state index in [1.807, 2.05) is 0 Å². The summed E-state index contributed by atoms with van der Waals surface area (Å²) in [5.74, 6) is -0.128. The molecule has 8 heteroatoms. The summed E-state index contributed by atoms with van der Waals surface area (Å²) in [5, 5.41) is 7.49. The summed E-state index contributed by atoms with van der Waals surface area (Å²) in [5.41, 5.74) is -1.74. The number of hydrogen-bond donors (Lipinski definition) is 1. The van der Waals surface area contributed by atoms with E-state index in [-0.39, 0.29) is 5.69 Å². The largest absolute Gasteiger partial charge is 0.463 e. The van der Waals surface area contributed by atoms with Crippen LogP contribution in [0.3, 0.4) is 0 Å². The average molecular weight is 391 g/mol. The molecule has 1 amide bonds. The molecule has 0 spiro atoms. The second-order valence-corrected chi connectivity index (χ2v) is 6.94. The zero-order valence-electron chi connectivity index (χ0n) is 15.7. The number of carbonyl (C=O) groups is 1. The molecule has 0 bridgehead atoms. The van der Waals surface area contributed by atoms with Crippen LogP contribution in [0, 0.1) is 0 Å². The van der Waals surface area contributed by atoms with Gasteiger partial charge in [-0.05, 0) is 44.2 Å². The molecule has 4 rings (SSSR count). The molecule has 0 saturated carbocycles. The van der Waals surface area contributed by atoms with E-state index in [1.165, 1.54) is 38.3 Å². The summed E-state index contributed by atoms with van der Waals surface area (Å²) in [4.78, 5) is 37.6. The lowest BCUT2D eigenvalue weighted by Crippen LogP contribution is -2.47. The highest BCUT2D eigenvalue weighted by Gasteiger charge is 2.33. The molecule has 29 heavy (non-hydrogen) atoms. The number of para-hydroxylation sites is 1. The Morgan fingerprint density at radius 1 is 1.07 bits per heavy atom. The highest BCUT2D eigenvalue weighted by molar-refractivity contribution is 5.97. The van der Waals surface area contributed by atoms with Crippen molar-refractivity contribution in [3.05, 3.63) is 81.6 Å². The molecule has 0 fully saturated rings. The van der Waals surface area contributed by atoms with Crippen LogP contribution in [-0.4, -0.2) is 15.7 Å². The molecule has 0 aliphatic rings. The Hall–Kier alpha value is -3.94. The second kappa shape index (κ2) is 6.90. The molecule has 1 N–H and O–H groups in total. The Morgan fingerprint density at radius 2 is 1.86 bits per heavy atom. The van der Waals surface area contributed by atoms with E-state index in [2.05, 4.69) is 10.4 Å². The van der Waals surface area contributed by atoms with E-state index >= 15 is 0 Å². The first kappa shape index (κ1) is 18.4. The Balaban J connectivity index is 1.70. The van der Waals surface area contributed by atoms with Crippen LogP contribution in [0.15, 0.2) is 79.3 Å². The third kappa shape index (κ3) is 3.36. The molecule has 4 aromatic rings. The SMILES string of the molecule is CC(C)(C(=O)Nc1cc2ccccc2oc1=O)n1nc(-c2ccco2)ccc1=O. The minimum Gasteiger partial charge on any atom is -0.463 e. The number of hydrogen-bond acceptors (Lipinski definition) is 6. The Bertz CT molecular complexity index is 1320. The van der Waals surface area contributed by atoms with Crippen molar-refractivity contribution in [2.75, 3.05) is 5.32 Å². The summed E-state index contributed by atoms with van der Waals surface area (Å²) < 4.78 is 11.6. The van der Waals surface area contributed by atoms with Gasteiger partial charge in [0.25, 0.3) is 11.5 Å². The maximum Gasteiger partial charge on any atom is 0.360 e. The maximum atomic E-state index is 13.0. The number of rotatable bonds is 4. The number of nitrogens with zero attached hydrogens (tertiary/aromatic N) is 2. The van der Waals surface area contributed by atoms with E-state index in [4.69, 9.17) is 8.83 Å². The molecule has 3 aromatic heterocycles. The van der Waals surface area contributed by atoms with Crippen molar-refractivity contribution in [1.82, 2.24) is 9.78 Å².